The summed E-state index contributed by atoms with van der Waals surface area (Å²) in [6.07, 6.45) is -2.91. The highest BCUT2D eigenvalue weighted by Crippen LogP contribution is 2.71. The Morgan fingerprint density at radius 3 is 2.02 bits per heavy atom. The molecule has 3 aliphatic heterocycles. The average molecular weight is 773 g/mol. The fourth-order valence-corrected chi connectivity index (χ4v) is 13.0. The van der Waals surface area contributed by atoms with Crippen LogP contribution in [0.2, 0.25) is 0 Å². The molecule has 0 aromatic carbocycles. The van der Waals surface area contributed by atoms with Gasteiger partial charge in [0.05, 0.1) is 32.0 Å². The molecule has 8 N–H and O–H groups in total. The van der Waals surface area contributed by atoms with E-state index in [-0.39, 0.29) is 41.5 Å². The van der Waals surface area contributed by atoms with Crippen molar-refractivity contribution in [3.63, 3.8) is 0 Å². The lowest BCUT2D eigenvalue weighted by Crippen LogP contribution is -2.60. The highest BCUT2D eigenvalue weighted by molar-refractivity contribution is 5.15. The minimum Gasteiger partial charge on any atom is -0.394 e. The third kappa shape index (κ3) is 6.93. The topological polar surface area (TPSA) is 217 Å². The van der Waals surface area contributed by atoms with Gasteiger partial charge in [-0.1, -0.05) is 27.7 Å². The van der Waals surface area contributed by atoms with Gasteiger partial charge in [0.25, 0.3) is 0 Å². The first-order chi connectivity index (χ1) is 25.6. The molecule has 0 aromatic heterocycles. The van der Waals surface area contributed by atoms with Crippen molar-refractivity contribution in [1.82, 2.24) is 0 Å². The predicted molar refractivity (Wildman–Crippen MR) is 191 cm³/mol. The van der Waals surface area contributed by atoms with Gasteiger partial charge < -0.3 is 69.3 Å². The average Bonchev–Trinajstić information content (AvgIpc) is 3.62. The van der Waals surface area contributed by atoms with Gasteiger partial charge in [0, 0.05) is 19.4 Å². The van der Waals surface area contributed by atoms with E-state index in [9.17, 15) is 40.9 Å². The van der Waals surface area contributed by atoms with Crippen molar-refractivity contribution in [3.8, 4) is 0 Å². The van der Waals surface area contributed by atoms with Crippen LogP contribution in [-0.2, 0) is 28.4 Å². The van der Waals surface area contributed by atoms with Crippen LogP contribution in [0.25, 0.3) is 0 Å². The number of aliphatic hydroxyl groups is 8. The number of hydrogen-bond donors (Lipinski definition) is 8. The molecule has 22 atom stereocenters. The molecule has 7 fully saturated rings. The van der Waals surface area contributed by atoms with Crippen molar-refractivity contribution in [2.24, 2.45) is 52.3 Å². The van der Waals surface area contributed by atoms with Gasteiger partial charge in [-0.15, -0.1) is 0 Å². The summed E-state index contributed by atoms with van der Waals surface area (Å²) in [6, 6.07) is 0. The molecule has 3 saturated heterocycles. The van der Waals surface area contributed by atoms with E-state index in [0.717, 1.165) is 44.9 Å². The second-order valence-electron chi connectivity index (χ2n) is 18.8. The Kier molecular flexibility index (Phi) is 12.2. The number of aliphatic hydroxyl groups excluding tert-OH is 8. The minimum absolute atomic E-state index is 0.0630. The summed E-state index contributed by atoms with van der Waals surface area (Å²) in [7, 11) is 1.75. The molecular formula is C40H68O14. The summed E-state index contributed by atoms with van der Waals surface area (Å²) in [6.45, 7) is 8.66. The Balaban J connectivity index is 0.946. The van der Waals surface area contributed by atoms with E-state index in [1.165, 1.54) is 12.8 Å². The maximum atomic E-state index is 10.6. The van der Waals surface area contributed by atoms with Crippen LogP contribution >= 0.6 is 0 Å². The zero-order valence-electron chi connectivity index (χ0n) is 32.7. The maximum Gasteiger partial charge on any atom is 0.186 e. The number of hydrogen-bond acceptors (Lipinski definition) is 14. The second-order valence-corrected chi connectivity index (χ2v) is 18.8. The molecule has 0 amide bonds. The van der Waals surface area contributed by atoms with Gasteiger partial charge in [-0.05, 0) is 104 Å². The van der Waals surface area contributed by atoms with Crippen LogP contribution in [0.3, 0.4) is 0 Å². The van der Waals surface area contributed by atoms with E-state index in [4.69, 9.17) is 28.4 Å². The van der Waals surface area contributed by atoms with Gasteiger partial charge in [-0.25, -0.2) is 0 Å². The van der Waals surface area contributed by atoms with Crippen molar-refractivity contribution < 1.29 is 69.3 Å². The van der Waals surface area contributed by atoms with E-state index in [2.05, 4.69) is 27.7 Å². The van der Waals surface area contributed by atoms with Gasteiger partial charge >= 0.3 is 0 Å². The summed E-state index contributed by atoms with van der Waals surface area (Å²) in [5.41, 5.74) is 0.337. The van der Waals surface area contributed by atoms with Gasteiger partial charge in [0.2, 0.25) is 0 Å². The van der Waals surface area contributed by atoms with Crippen LogP contribution in [0.4, 0.5) is 0 Å². The van der Waals surface area contributed by atoms with Gasteiger partial charge in [-0.3, -0.25) is 0 Å². The molecule has 7 rings (SSSR count). The van der Waals surface area contributed by atoms with E-state index < -0.39 is 80.4 Å². The Labute approximate surface area is 319 Å². The van der Waals surface area contributed by atoms with E-state index in [1.54, 1.807) is 7.11 Å². The fourth-order valence-electron chi connectivity index (χ4n) is 13.0. The molecule has 4 aliphatic carbocycles. The van der Waals surface area contributed by atoms with Crippen molar-refractivity contribution in [2.75, 3.05) is 26.9 Å². The molecule has 0 spiro atoms. The largest absolute Gasteiger partial charge is 0.394 e. The Morgan fingerprint density at radius 2 is 1.37 bits per heavy atom. The lowest BCUT2D eigenvalue weighted by molar-refractivity contribution is -0.316. The van der Waals surface area contributed by atoms with Crippen molar-refractivity contribution in [3.05, 3.63) is 0 Å². The molecule has 4 saturated carbocycles. The molecule has 14 heteroatoms. The summed E-state index contributed by atoms with van der Waals surface area (Å²) in [4.78, 5) is 0. The van der Waals surface area contributed by atoms with Crippen LogP contribution in [0.1, 0.15) is 91.9 Å². The molecule has 0 bridgehead atoms. The summed E-state index contributed by atoms with van der Waals surface area (Å²) < 4.78 is 36.7. The summed E-state index contributed by atoms with van der Waals surface area (Å²) in [5.74, 6) is 2.25. The molecule has 0 aromatic rings. The van der Waals surface area contributed by atoms with Crippen LogP contribution < -0.4 is 0 Å². The first-order valence-electron chi connectivity index (χ1n) is 20.7. The predicted octanol–water partition coefficient (Wildman–Crippen LogP) is 1.05. The number of fused-ring (bicyclic) bond motifs is 7. The zero-order chi connectivity index (χ0) is 38.9. The lowest BCUT2D eigenvalue weighted by atomic mass is 9.44. The van der Waals surface area contributed by atoms with Crippen LogP contribution in [0, 0.1) is 52.3 Å². The number of ether oxygens (including phenoxy) is 6. The standard InChI is InChI=1S/C40H68O14/c1-19(18-50-36-34(47)32(45)30(43)27(16-41)52-36)8-13-40(49-5)20(2)29-26(54-40)15-25-23-7-6-21-14-22(9-11-38(21,3)24(23)10-12-39(25,29)4)51-37-35(48)33(46)31(44)28(17-42)53-37/h19-37,41-48H,6-18H2,1-5H3. The third-order valence-corrected chi connectivity index (χ3v) is 16.2. The maximum absolute atomic E-state index is 10.6. The monoisotopic (exact) mass is 772 g/mol. The Hall–Kier alpha value is -0.560. The molecule has 54 heavy (non-hydrogen) atoms. The lowest BCUT2D eigenvalue weighted by Gasteiger charge is -2.61. The number of methoxy groups -OCH3 is 1. The first kappa shape index (κ1) is 41.6. The van der Waals surface area contributed by atoms with Crippen LogP contribution in [0.5, 0.6) is 0 Å². The molecule has 312 valence electrons. The van der Waals surface area contributed by atoms with Crippen molar-refractivity contribution >= 4 is 0 Å². The normalized spacial score (nSPS) is 55.1. The molecule has 14 nitrogen and oxygen atoms in total. The van der Waals surface area contributed by atoms with Crippen LogP contribution in [0.15, 0.2) is 0 Å². The molecule has 7 aliphatic rings. The van der Waals surface area contributed by atoms with Gasteiger partial charge in [-0.2, -0.15) is 0 Å². The molecule has 3 heterocycles. The van der Waals surface area contributed by atoms with Gasteiger partial charge in [0.15, 0.2) is 18.4 Å². The van der Waals surface area contributed by atoms with Crippen LogP contribution in [-0.4, -0.2) is 147 Å². The quantitative estimate of drug-likeness (QED) is 0.138. The number of rotatable bonds is 11. The van der Waals surface area contributed by atoms with Crippen molar-refractivity contribution in [2.45, 2.75) is 171 Å². The first-order valence-corrected chi connectivity index (χ1v) is 20.7. The van der Waals surface area contributed by atoms with E-state index in [1.807, 2.05) is 0 Å². The smallest absolute Gasteiger partial charge is 0.186 e. The fraction of sp³-hybridized carbons (Fsp3) is 1.00. The van der Waals surface area contributed by atoms with Crippen molar-refractivity contribution in [1.29, 1.82) is 0 Å². The second kappa shape index (κ2) is 15.9. The molecular weight excluding hydrogens is 704 g/mol. The zero-order valence-corrected chi connectivity index (χ0v) is 32.7. The Morgan fingerprint density at radius 1 is 0.741 bits per heavy atom. The summed E-state index contributed by atoms with van der Waals surface area (Å²) >= 11 is 0. The summed E-state index contributed by atoms with van der Waals surface area (Å²) in [5, 5.41) is 80.9. The Bertz CT molecular complexity index is 1270. The molecule has 22 unspecified atom stereocenters. The van der Waals surface area contributed by atoms with Gasteiger partial charge in [0.1, 0.15) is 48.8 Å². The SMILES string of the molecule is COC1(CCC(C)COC2OC(CO)C(O)C(O)C2O)OC2CC3C4CCC5CC(OC6OC(CO)C(O)C(O)C6O)CCC5(C)C4CCC3(C)C2C1C. The third-order valence-electron chi connectivity index (χ3n) is 16.2. The highest BCUT2D eigenvalue weighted by Gasteiger charge is 2.68. The minimum atomic E-state index is -1.47. The van der Waals surface area contributed by atoms with E-state index >= 15 is 0 Å². The molecule has 0 radical (unpaired) electrons. The highest BCUT2D eigenvalue weighted by atomic mass is 16.7. The van der Waals surface area contributed by atoms with E-state index in [0.29, 0.717) is 36.0 Å².